The number of nitrogens with one attached hydrogen (secondary N) is 1. The third-order valence-corrected chi connectivity index (χ3v) is 3.73. The first kappa shape index (κ1) is 15.9. The van der Waals surface area contributed by atoms with Crippen LogP contribution in [0.2, 0.25) is 0 Å². The molecule has 110 valence electrons. The van der Waals surface area contributed by atoms with Crippen LogP contribution in [-0.4, -0.2) is 43.3 Å². The average Bonchev–Trinajstić information content (AvgIpc) is 2.42. The fourth-order valence-electron chi connectivity index (χ4n) is 2.52. The lowest BCUT2D eigenvalue weighted by molar-refractivity contribution is -0.145. The molecule has 4 N–H and O–H groups in total. The first-order valence-electron chi connectivity index (χ1n) is 6.81. The molecule has 0 aromatic heterocycles. The summed E-state index contributed by atoms with van der Waals surface area (Å²) in [6.07, 6.45) is 4.00. The van der Waals surface area contributed by atoms with Gasteiger partial charge in [0, 0.05) is 20.3 Å². The molecule has 0 aromatic carbocycles. The standard InChI is InChI=1S/C13H24N2O4/c1-19-7-6-11(14)12(16)15-8-9-4-2-3-5-10(9)13(17)18/h9-11H,2-8,14H2,1H3,(H,15,16)(H,17,18). The monoisotopic (exact) mass is 272 g/mol. The Kier molecular flexibility index (Phi) is 6.80. The Labute approximate surface area is 113 Å². The molecule has 6 nitrogen and oxygen atoms in total. The maximum Gasteiger partial charge on any atom is 0.306 e. The van der Waals surface area contributed by atoms with Crippen LogP contribution in [0.25, 0.3) is 0 Å². The van der Waals surface area contributed by atoms with Crippen LogP contribution in [0.15, 0.2) is 0 Å². The van der Waals surface area contributed by atoms with Gasteiger partial charge in [-0.05, 0) is 25.2 Å². The molecule has 0 radical (unpaired) electrons. The fraction of sp³-hybridized carbons (Fsp3) is 0.846. The third kappa shape index (κ3) is 5.16. The number of hydrogen-bond acceptors (Lipinski definition) is 4. The van der Waals surface area contributed by atoms with Gasteiger partial charge in [0.05, 0.1) is 12.0 Å². The summed E-state index contributed by atoms with van der Waals surface area (Å²) >= 11 is 0. The largest absolute Gasteiger partial charge is 0.481 e. The van der Waals surface area contributed by atoms with Gasteiger partial charge in [-0.2, -0.15) is 0 Å². The van der Waals surface area contributed by atoms with Crippen LogP contribution >= 0.6 is 0 Å². The number of carbonyl (C=O) groups is 2. The van der Waals surface area contributed by atoms with E-state index in [1.807, 2.05) is 0 Å². The Morgan fingerprint density at radius 2 is 2.11 bits per heavy atom. The van der Waals surface area contributed by atoms with Crippen molar-refractivity contribution in [1.29, 1.82) is 0 Å². The molecule has 1 amide bonds. The lowest BCUT2D eigenvalue weighted by atomic mass is 9.79. The number of aliphatic carboxylic acids is 1. The lowest BCUT2D eigenvalue weighted by Gasteiger charge is -2.28. The second kappa shape index (κ2) is 8.12. The normalized spacial score (nSPS) is 24.7. The summed E-state index contributed by atoms with van der Waals surface area (Å²) in [6, 6.07) is -0.591. The van der Waals surface area contributed by atoms with E-state index in [1.54, 1.807) is 7.11 Å². The highest BCUT2D eigenvalue weighted by Gasteiger charge is 2.31. The van der Waals surface area contributed by atoms with Gasteiger partial charge in [-0.15, -0.1) is 0 Å². The smallest absolute Gasteiger partial charge is 0.306 e. The maximum atomic E-state index is 11.7. The highest BCUT2D eigenvalue weighted by molar-refractivity contribution is 5.81. The van der Waals surface area contributed by atoms with Crippen molar-refractivity contribution in [3.8, 4) is 0 Å². The summed E-state index contributed by atoms with van der Waals surface area (Å²) in [4.78, 5) is 22.9. The summed E-state index contributed by atoms with van der Waals surface area (Å²) in [7, 11) is 1.56. The lowest BCUT2D eigenvalue weighted by Crippen LogP contribution is -2.45. The van der Waals surface area contributed by atoms with Crippen molar-refractivity contribution in [2.45, 2.75) is 38.1 Å². The minimum absolute atomic E-state index is 0.0184. The zero-order valence-corrected chi connectivity index (χ0v) is 11.4. The molecule has 0 saturated heterocycles. The quantitative estimate of drug-likeness (QED) is 0.621. The molecule has 3 atom stereocenters. The van der Waals surface area contributed by atoms with Gasteiger partial charge in [-0.1, -0.05) is 12.8 Å². The van der Waals surface area contributed by atoms with E-state index in [4.69, 9.17) is 15.6 Å². The highest BCUT2D eigenvalue weighted by Crippen LogP contribution is 2.29. The van der Waals surface area contributed by atoms with Crippen LogP contribution < -0.4 is 11.1 Å². The van der Waals surface area contributed by atoms with Crippen molar-refractivity contribution in [3.05, 3.63) is 0 Å². The number of carboxylic acids is 1. The SMILES string of the molecule is COCCC(N)C(=O)NCC1CCCCC1C(=O)O. The van der Waals surface area contributed by atoms with Gasteiger partial charge in [-0.3, -0.25) is 9.59 Å². The van der Waals surface area contributed by atoms with Crippen molar-refractivity contribution >= 4 is 11.9 Å². The molecular weight excluding hydrogens is 248 g/mol. The van der Waals surface area contributed by atoms with Crippen molar-refractivity contribution in [1.82, 2.24) is 5.32 Å². The number of methoxy groups -OCH3 is 1. The van der Waals surface area contributed by atoms with E-state index in [1.165, 1.54) is 0 Å². The Balaban J connectivity index is 2.37. The molecule has 0 heterocycles. The van der Waals surface area contributed by atoms with Gasteiger partial charge < -0.3 is 20.9 Å². The third-order valence-electron chi connectivity index (χ3n) is 3.73. The van der Waals surface area contributed by atoms with E-state index in [2.05, 4.69) is 5.32 Å². The molecule has 0 aliphatic heterocycles. The molecule has 1 rings (SSSR count). The first-order chi connectivity index (χ1) is 9.06. The number of nitrogens with two attached hydrogens (primary N) is 1. The zero-order chi connectivity index (χ0) is 14.3. The molecule has 0 bridgehead atoms. The summed E-state index contributed by atoms with van der Waals surface area (Å²) < 4.78 is 4.87. The van der Waals surface area contributed by atoms with Gasteiger partial charge in [0.1, 0.15) is 0 Å². The van der Waals surface area contributed by atoms with E-state index in [9.17, 15) is 9.59 Å². The molecule has 1 saturated carbocycles. The number of rotatable bonds is 7. The van der Waals surface area contributed by atoms with Crippen molar-refractivity contribution in [3.63, 3.8) is 0 Å². The first-order valence-corrected chi connectivity index (χ1v) is 6.81. The van der Waals surface area contributed by atoms with E-state index >= 15 is 0 Å². The van der Waals surface area contributed by atoms with E-state index in [0.717, 1.165) is 19.3 Å². The summed E-state index contributed by atoms with van der Waals surface area (Å²) in [5, 5.41) is 11.9. The Hall–Kier alpha value is -1.14. The van der Waals surface area contributed by atoms with E-state index in [-0.39, 0.29) is 17.7 Å². The molecule has 1 fully saturated rings. The van der Waals surface area contributed by atoms with Crippen molar-refractivity contribution < 1.29 is 19.4 Å². The van der Waals surface area contributed by atoms with Crippen LogP contribution in [0.4, 0.5) is 0 Å². The number of carboxylic acid groups (broad SMARTS) is 1. The molecular formula is C13H24N2O4. The van der Waals surface area contributed by atoms with Crippen LogP contribution in [-0.2, 0) is 14.3 Å². The van der Waals surface area contributed by atoms with Crippen LogP contribution in [0.1, 0.15) is 32.1 Å². The number of ether oxygens (including phenoxy) is 1. The molecule has 1 aliphatic carbocycles. The van der Waals surface area contributed by atoms with Crippen LogP contribution in [0.5, 0.6) is 0 Å². The molecule has 0 aromatic rings. The summed E-state index contributed by atoms with van der Waals surface area (Å²) in [5.74, 6) is -1.32. The molecule has 0 spiro atoms. The van der Waals surface area contributed by atoms with Gasteiger partial charge in [-0.25, -0.2) is 0 Å². The van der Waals surface area contributed by atoms with Crippen molar-refractivity contribution in [2.24, 2.45) is 17.6 Å². The Morgan fingerprint density at radius 3 is 2.74 bits per heavy atom. The van der Waals surface area contributed by atoms with Gasteiger partial charge in [0.15, 0.2) is 0 Å². The van der Waals surface area contributed by atoms with Gasteiger partial charge >= 0.3 is 5.97 Å². The highest BCUT2D eigenvalue weighted by atomic mass is 16.5. The minimum atomic E-state index is -0.761. The fourth-order valence-corrected chi connectivity index (χ4v) is 2.52. The Morgan fingerprint density at radius 1 is 1.42 bits per heavy atom. The van der Waals surface area contributed by atoms with Gasteiger partial charge in [0.2, 0.25) is 5.91 Å². The maximum absolute atomic E-state index is 11.7. The minimum Gasteiger partial charge on any atom is -0.481 e. The van der Waals surface area contributed by atoms with Gasteiger partial charge in [0.25, 0.3) is 0 Å². The predicted octanol–water partition coefficient (Wildman–Crippen LogP) is 0.357. The van der Waals surface area contributed by atoms with Crippen molar-refractivity contribution in [2.75, 3.05) is 20.3 Å². The van der Waals surface area contributed by atoms with Crippen LogP contribution in [0, 0.1) is 11.8 Å². The van der Waals surface area contributed by atoms with E-state index in [0.29, 0.717) is 26.0 Å². The van der Waals surface area contributed by atoms with E-state index < -0.39 is 12.0 Å². The molecule has 19 heavy (non-hydrogen) atoms. The number of carbonyl (C=O) groups excluding carboxylic acids is 1. The molecule has 1 aliphatic rings. The number of amides is 1. The second-order valence-electron chi connectivity index (χ2n) is 5.12. The Bertz CT molecular complexity index is 309. The molecule has 3 unspecified atom stereocenters. The molecule has 6 heteroatoms. The summed E-state index contributed by atoms with van der Waals surface area (Å²) in [6.45, 7) is 0.840. The number of hydrogen-bond donors (Lipinski definition) is 3. The van der Waals surface area contributed by atoms with Crippen LogP contribution in [0.3, 0.4) is 0 Å². The second-order valence-corrected chi connectivity index (χ2v) is 5.12. The predicted molar refractivity (Wildman–Crippen MR) is 70.6 cm³/mol. The average molecular weight is 272 g/mol. The summed E-state index contributed by atoms with van der Waals surface area (Å²) in [5.41, 5.74) is 5.70. The topological polar surface area (TPSA) is 102 Å². The zero-order valence-electron chi connectivity index (χ0n) is 11.4.